The molecule has 0 radical (unpaired) electrons. The first kappa shape index (κ1) is 24.0. The molecule has 32 heavy (non-hydrogen) atoms. The van der Waals surface area contributed by atoms with Gasteiger partial charge >= 0.3 is 5.97 Å². The number of pyridine rings is 1. The summed E-state index contributed by atoms with van der Waals surface area (Å²) >= 11 is 0. The van der Waals surface area contributed by atoms with E-state index >= 15 is 0 Å². The average molecular weight is 436 g/mol. The zero-order valence-electron chi connectivity index (χ0n) is 19.5. The van der Waals surface area contributed by atoms with Gasteiger partial charge in [0.25, 0.3) is 0 Å². The van der Waals surface area contributed by atoms with Crippen LogP contribution in [-0.2, 0) is 34.6 Å². The van der Waals surface area contributed by atoms with Gasteiger partial charge in [-0.25, -0.2) is 0 Å². The van der Waals surface area contributed by atoms with Crippen molar-refractivity contribution in [1.29, 1.82) is 0 Å². The van der Waals surface area contributed by atoms with Crippen LogP contribution in [0.4, 0.5) is 0 Å². The number of aryl methyl sites for hydroxylation is 1. The van der Waals surface area contributed by atoms with E-state index in [-0.39, 0.29) is 13.4 Å². The third kappa shape index (κ3) is 4.44. The summed E-state index contributed by atoms with van der Waals surface area (Å²) in [7, 11) is 2.17. The summed E-state index contributed by atoms with van der Waals surface area (Å²) in [4.78, 5) is 19.6. The normalized spacial score (nSPS) is 16.2. The maximum atomic E-state index is 13.0. The molecule has 2 aromatic heterocycles. The van der Waals surface area contributed by atoms with Crippen LogP contribution >= 0.6 is 0 Å². The Morgan fingerprint density at radius 3 is 2.59 bits per heavy atom. The molecule has 172 valence electrons. The molecule has 5 nitrogen and oxygen atoms in total. The number of hydrogen-bond donors (Lipinski definition) is 0. The molecule has 1 aliphatic rings. The fourth-order valence-corrected chi connectivity index (χ4v) is 4.40. The summed E-state index contributed by atoms with van der Waals surface area (Å²) in [6, 6.07) is 10.6. The number of carbonyl (C=O) groups is 1. The molecule has 0 spiro atoms. The van der Waals surface area contributed by atoms with E-state index in [9.17, 15) is 4.79 Å². The number of ether oxygens (including phenoxy) is 1. The first-order chi connectivity index (χ1) is 14.6. The highest BCUT2D eigenvalue weighted by molar-refractivity contribution is 5.86. The maximum absolute atomic E-state index is 13.0. The molecule has 1 aliphatic heterocycles. The average Bonchev–Trinajstić information content (AvgIpc) is 3.00. The van der Waals surface area contributed by atoms with Crippen molar-refractivity contribution in [3.63, 3.8) is 0 Å². The molecule has 0 saturated heterocycles. The summed E-state index contributed by atoms with van der Waals surface area (Å²) in [6.45, 7) is 12.3. The largest absolute Gasteiger partial charge is 0.452 e. The van der Waals surface area contributed by atoms with E-state index < -0.39 is 11.0 Å². The quantitative estimate of drug-likeness (QED) is 0.510. The highest BCUT2D eigenvalue weighted by Gasteiger charge is 2.37. The molecule has 1 unspecified atom stereocenters. The van der Waals surface area contributed by atoms with E-state index in [1.54, 1.807) is 6.20 Å². The van der Waals surface area contributed by atoms with Gasteiger partial charge in [0.15, 0.2) is 5.60 Å². The second-order valence-corrected chi connectivity index (χ2v) is 10.1. The Morgan fingerprint density at radius 1 is 1.19 bits per heavy atom. The summed E-state index contributed by atoms with van der Waals surface area (Å²) in [5, 5.41) is 1.30. The minimum atomic E-state index is -0.827. The van der Waals surface area contributed by atoms with Crippen molar-refractivity contribution < 1.29 is 9.53 Å². The Labute approximate surface area is 192 Å². The Balaban J connectivity index is 0.00000289. The van der Waals surface area contributed by atoms with E-state index in [4.69, 9.17) is 4.74 Å². The van der Waals surface area contributed by atoms with Crippen molar-refractivity contribution in [1.82, 2.24) is 14.5 Å². The fourth-order valence-electron chi connectivity index (χ4n) is 4.40. The Hall–Kier alpha value is -2.66. The molecule has 1 atom stereocenters. The topological polar surface area (TPSA) is 47.4 Å². The number of fused-ring (bicyclic) bond motifs is 3. The van der Waals surface area contributed by atoms with Gasteiger partial charge < -0.3 is 14.2 Å². The van der Waals surface area contributed by atoms with Crippen molar-refractivity contribution in [2.24, 2.45) is 5.41 Å². The van der Waals surface area contributed by atoms with Crippen LogP contribution in [0.15, 0.2) is 42.7 Å². The number of hydrogen-bond acceptors (Lipinski definition) is 4. The second-order valence-electron chi connectivity index (χ2n) is 10.1. The van der Waals surface area contributed by atoms with Crippen LogP contribution in [0, 0.1) is 12.3 Å². The van der Waals surface area contributed by atoms with E-state index in [0.29, 0.717) is 6.54 Å². The van der Waals surface area contributed by atoms with Crippen molar-refractivity contribution in [2.75, 3.05) is 13.6 Å². The molecular formula is C27H37N3O2. The van der Waals surface area contributed by atoms with Gasteiger partial charge in [-0.15, -0.1) is 0 Å². The third-order valence-corrected chi connectivity index (χ3v) is 6.26. The van der Waals surface area contributed by atoms with Gasteiger partial charge in [0.2, 0.25) is 0 Å². The van der Waals surface area contributed by atoms with Crippen molar-refractivity contribution in [2.45, 2.75) is 67.2 Å². The molecule has 3 heterocycles. The van der Waals surface area contributed by atoms with Crippen LogP contribution in [0.25, 0.3) is 10.9 Å². The third-order valence-electron chi connectivity index (χ3n) is 6.26. The zero-order chi connectivity index (χ0) is 22.4. The highest BCUT2D eigenvalue weighted by Crippen LogP contribution is 2.36. The van der Waals surface area contributed by atoms with Crippen LogP contribution in [0.3, 0.4) is 0 Å². The number of rotatable bonds is 4. The standard InChI is InChI=1S/C26H33N3O2.CH4/c1-18-9-10-22-20(14-18)21-16-28(6)13-11-23(21)29(22)17-26(5,19-8-7-12-27-15-19)31-24(30)25(2,3)4;/h7-10,12,14-15H,11,13,16-17H2,1-6H3;1H4. The molecule has 0 saturated carbocycles. The summed E-state index contributed by atoms with van der Waals surface area (Å²) in [6.07, 6.45) is 4.54. The van der Waals surface area contributed by atoms with Crippen LogP contribution in [0.1, 0.15) is 57.5 Å². The van der Waals surface area contributed by atoms with Crippen molar-refractivity contribution in [3.05, 3.63) is 65.1 Å². The van der Waals surface area contributed by atoms with E-state index in [1.165, 1.54) is 27.7 Å². The number of nitrogens with zero attached hydrogens (tertiary/aromatic N) is 3. The number of likely N-dealkylation sites (N-methyl/N-ethyl adjacent to an activating group) is 1. The first-order valence-electron chi connectivity index (χ1n) is 11.0. The summed E-state index contributed by atoms with van der Waals surface area (Å²) < 4.78 is 8.61. The number of benzene rings is 1. The van der Waals surface area contributed by atoms with E-state index in [2.05, 4.69) is 46.6 Å². The van der Waals surface area contributed by atoms with Gasteiger partial charge in [0.1, 0.15) is 0 Å². The molecule has 3 aromatic rings. The molecule has 5 heteroatoms. The fraction of sp³-hybridized carbons (Fsp3) is 0.481. The van der Waals surface area contributed by atoms with Crippen LogP contribution in [0.5, 0.6) is 0 Å². The molecule has 1 aromatic carbocycles. The summed E-state index contributed by atoms with van der Waals surface area (Å²) in [5.74, 6) is -0.209. The molecule has 0 amide bonds. The van der Waals surface area contributed by atoms with Crippen molar-refractivity contribution in [3.8, 4) is 0 Å². The number of carbonyl (C=O) groups excluding carboxylic acids is 1. The number of esters is 1. The molecular weight excluding hydrogens is 398 g/mol. The number of aromatic nitrogens is 2. The van der Waals surface area contributed by atoms with Gasteiger partial charge in [0, 0.05) is 54.1 Å². The minimum Gasteiger partial charge on any atom is -0.452 e. The molecule has 0 fully saturated rings. The minimum absolute atomic E-state index is 0. The predicted octanol–water partition coefficient (Wildman–Crippen LogP) is 5.47. The van der Waals surface area contributed by atoms with Crippen LogP contribution in [0.2, 0.25) is 0 Å². The zero-order valence-corrected chi connectivity index (χ0v) is 19.5. The van der Waals surface area contributed by atoms with E-state index in [1.807, 2.05) is 46.0 Å². The highest BCUT2D eigenvalue weighted by atomic mass is 16.6. The Bertz CT molecular complexity index is 1110. The second kappa shape index (κ2) is 8.70. The molecule has 0 bridgehead atoms. The predicted molar refractivity (Wildman–Crippen MR) is 131 cm³/mol. The monoisotopic (exact) mass is 435 g/mol. The maximum Gasteiger partial charge on any atom is 0.312 e. The lowest BCUT2D eigenvalue weighted by Gasteiger charge is -2.34. The van der Waals surface area contributed by atoms with Crippen LogP contribution in [-0.4, -0.2) is 34.0 Å². The van der Waals surface area contributed by atoms with Gasteiger partial charge in [-0.05, 0) is 65.4 Å². The Kier molecular flexibility index (Phi) is 6.52. The molecule has 4 rings (SSSR count). The Morgan fingerprint density at radius 2 is 1.94 bits per heavy atom. The lowest BCUT2D eigenvalue weighted by Crippen LogP contribution is -2.39. The van der Waals surface area contributed by atoms with Gasteiger partial charge in [0.05, 0.1) is 12.0 Å². The van der Waals surface area contributed by atoms with E-state index in [0.717, 1.165) is 25.1 Å². The lowest BCUT2D eigenvalue weighted by atomic mass is 9.93. The van der Waals surface area contributed by atoms with Crippen LogP contribution < -0.4 is 0 Å². The lowest BCUT2D eigenvalue weighted by molar-refractivity contribution is -0.170. The first-order valence-corrected chi connectivity index (χ1v) is 11.0. The smallest absolute Gasteiger partial charge is 0.312 e. The van der Waals surface area contributed by atoms with Crippen molar-refractivity contribution >= 4 is 16.9 Å². The summed E-state index contributed by atoms with van der Waals surface area (Å²) in [5.41, 5.74) is 4.70. The molecule has 0 aliphatic carbocycles. The SMILES string of the molecule is C.Cc1ccc2c(c1)c1c(n2CC(C)(OC(=O)C(C)(C)C)c2cccnc2)CCN(C)C1. The van der Waals surface area contributed by atoms with Gasteiger partial charge in [-0.1, -0.05) is 25.1 Å². The van der Waals surface area contributed by atoms with Gasteiger partial charge in [-0.3, -0.25) is 9.78 Å². The van der Waals surface area contributed by atoms with Gasteiger partial charge in [-0.2, -0.15) is 0 Å². The molecule has 0 N–H and O–H groups in total.